The average Bonchev–Trinajstić information content (AvgIpc) is 2.44. The molecular weight excluding hydrogens is 347 g/mol. The van der Waals surface area contributed by atoms with E-state index in [4.69, 9.17) is 9.29 Å². The van der Waals surface area contributed by atoms with Gasteiger partial charge < -0.3 is 14.6 Å². The van der Waals surface area contributed by atoms with Crippen molar-refractivity contribution in [2.45, 2.75) is 58.5 Å². The van der Waals surface area contributed by atoms with E-state index in [9.17, 15) is 23.1 Å². The summed E-state index contributed by atoms with van der Waals surface area (Å²) in [6.45, 7) is 3.98. The summed E-state index contributed by atoms with van der Waals surface area (Å²) >= 11 is 0. The Kier molecular flexibility index (Phi) is 14.9. The van der Waals surface area contributed by atoms with Gasteiger partial charge in [-0.05, 0) is 37.7 Å². The van der Waals surface area contributed by atoms with E-state index < -0.39 is 33.9 Å². The fraction of sp³-hybridized carbons (Fsp3) is 0.733. The van der Waals surface area contributed by atoms with Gasteiger partial charge in [-0.25, -0.2) is 4.79 Å². The molecule has 0 bridgehead atoms. The number of carbonyl (C=O) groups is 2. The Morgan fingerprint density at radius 2 is 1.79 bits per heavy atom. The van der Waals surface area contributed by atoms with Gasteiger partial charge in [0.25, 0.3) is 10.1 Å². The number of aliphatic carboxylic acids is 1. The summed E-state index contributed by atoms with van der Waals surface area (Å²) in [6.07, 6.45) is 4.77. The Hall–Kier alpha value is -0.410. The van der Waals surface area contributed by atoms with Gasteiger partial charge in [0.1, 0.15) is 6.10 Å². The summed E-state index contributed by atoms with van der Waals surface area (Å²) in [5.74, 6) is -2.65. The van der Waals surface area contributed by atoms with Gasteiger partial charge in [-0.15, -0.1) is 0 Å². The van der Waals surface area contributed by atoms with Gasteiger partial charge in [-0.2, -0.15) is 8.42 Å². The van der Waals surface area contributed by atoms with Crippen molar-refractivity contribution >= 4 is 22.1 Å². The Morgan fingerprint density at radius 3 is 2.25 bits per heavy atom. The molecule has 0 heterocycles. The van der Waals surface area contributed by atoms with Crippen LogP contribution >= 0.6 is 0 Å². The van der Waals surface area contributed by atoms with Crippen LogP contribution in [0, 0.1) is 5.92 Å². The molecule has 0 aromatic heterocycles. The van der Waals surface area contributed by atoms with Crippen LogP contribution in [0.2, 0.25) is 0 Å². The van der Waals surface area contributed by atoms with Crippen LogP contribution in [0.3, 0.4) is 0 Å². The SMILES string of the molecule is CCCCC(CC)C(CCCS(=O)(=O)O)OC(=O)/C=C\C(=O)[O-].[Na+]. The minimum absolute atomic E-state index is 0. The number of unbranched alkanes of at least 4 members (excludes halogenated alkanes) is 1. The van der Waals surface area contributed by atoms with Gasteiger partial charge in [-0.3, -0.25) is 4.55 Å². The number of carbonyl (C=O) groups excluding carboxylic acids is 2. The van der Waals surface area contributed by atoms with Crippen molar-refractivity contribution in [2.24, 2.45) is 5.92 Å². The van der Waals surface area contributed by atoms with Gasteiger partial charge in [0.15, 0.2) is 0 Å². The Balaban J connectivity index is 0. The summed E-state index contributed by atoms with van der Waals surface area (Å²) in [7, 11) is -4.06. The average molecular weight is 372 g/mol. The summed E-state index contributed by atoms with van der Waals surface area (Å²) in [5, 5.41) is 10.3. The van der Waals surface area contributed by atoms with Crippen LogP contribution in [-0.4, -0.2) is 36.8 Å². The van der Waals surface area contributed by atoms with Crippen LogP contribution in [0.5, 0.6) is 0 Å². The number of hydrogen-bond donors (Lipinski definition) is 1. The zero-order valence-corrected chi connectivity index (χ0v) is 17.4. The van der Waals surface area contributed by atoms with Crippen molar-refractivity contribution < 1.29 is 62.0 Å². The molecule has 0 aromatic rings. The van der Waals surface area contributed by atoms with Crippen molar-refractivity contribution in [2.75, 3.05) is 5.75 Å². The quantitative estimate of drug-likeness (QED) is 0.184. The van der Waals surface area contributed by atoms with Crippen molar-refractivity contribution in [3.05, 3.63) is 12.2 Å². The first-order chi connectivity index (χ1) is 10.7. The molecule has 0 rings (SSSR count). The third-order valence-corrected chi connectivity index (χ3v) is 4.30. The Bertz CT molecular complexity index is 502. The minimum atomic E-state index is -4.06. The predicted octanol–water partition coefficient (Wildman–Crippen LogP) is -1.91. The maximum absolute atomic E-state index is 11.6. The summed E-state index contributed by atoms with van der Waals surface area (Å²) in [4.78, 5) is 21.9. The molecule has 1 N–H and O–H groups in total. The summed E-state index contributed by atoms with van der Waals surface area (Å²) in [6, 6.07) is 0. The largest absolute Gasteiger partial charge is 1.00 e. The first kappa shape index (κ1) is 25.8. The molecule has 0 spiro atoms. The van der Waals surface area contributed by atoms with E-state index >= 15 is 0 Å². The number of rotatable bonds is 12. The van der Waals surface area contributed by atoms with Gasteiger partial charge in [0.2, 0.25) is 0 Å². The first-order valence-corrected chi connectivity index (χ1v) is 9.35. The topological polar surface area (TPSA) is 121 Å². The second kappa shape index (κ2) is 13.8. The zero-order valence-electron chi connectivity index (χ0n) is 14.6. The number of hydrogen-bond acceptors (Lipinski definition) is 6. The van der Waals surface area contributed by atoms with Crippen LogP contribution < -0.4 is 34.7 Å². The van der Waals surface area contributed by atoms with E-state index in [-0.39, 0.29) is 48.3 Å². The second-order valence-corrected chi connectivity index (χ2v) is 6.94. The van der Waals surface area contributed by atoms with Crippen molar-refractivity contribution in [1.82, 2.24) is 0 Å². The summed E-state index contributed by atoms with van der Waals surface area (Å²) in [5.41, 5.74) is 0. The fourth-order valence-electron chi connectivity index (χ4n) is 2.30. The van der Waals surface area contributed by atoms with E-state index in [1.807, 2.05) is 13.8 Å². The van der Waals surface area contributed by atoms with Crippen LogP contribution in [0.1, 0.15) is 52.4 Å². The van der Waals surface area contributed by atoms with Gasteiger partial charge in [-0.1, -0.05) is 26.7 Å². The maximum atomic E-state index is 11.6. The van der Waals surface area contributed by atoms with Crippen molar-refractivity contribution in [3.63, 3.8) is 0 Å². The van der Waals surface area contributed by atoms with Gasteiger partial charge >= 0.3 is 35.5 Å². The normalized spacial score (nSPS) is 14.0. The minimum Gasteiger partial charge on any atom is -0.545 e. The van der Waals surface area contributed by atoms with Crippen molar-refractivity contribution in [1.29, 1.82) is 0 Å². The van der Waals surface area contributed by atoms with E-state index in [1.54, 1.807) is 0 Å². The zero-order chi connectivity index (χ0) is 17.9. The molecule has 134 valence electrons. The van der Waals surface area contributed by atoms with E-state index in [0.29, 0.717) is 6.08 Å². The van der Waals surface area contributed by atoms with Crippen molar-refractivity contribution in [3.8, 4) is 0 Å². The van der Waals surface area contributed by atoms with E-state index in [1.165, 1.54) is 0 Å². The monoisotopic (exact) mass is 372 g/mol. The number of esters is 1. The molecule has 2 atom stereocenters. The molecule has 0 radical (unpaired) electrons. The molecule has 0 saturated carbocycles. The molecule has 7 nitrogen and oxygen atoms in total. The number of ether oxygens (including phenoxy) is 1. The third-order valence-electron chi connectivity index (χ3n) is 3.49. The Labute approximate surface area is 165 Å². The molecule has 24 heavy (non-hydrogen) atoms. The van der Waals surface area contributed by atoms with E-state index in [2.05, 4.69) is 0 Å². The number of carboxylic acid groups (broad SMARTS) is 1. The molecule has 0 saturated heterocycles. The molecule has 0 aliphatic heterocycles. The molecule has 0 fully saturated rings. The predicted molar refractivity (Wildman–Crippen MR) is 83.0 cm³/mol. The molecule has 0 aliphatic carbocycles. The fourth-order valence-corrected chi connectivity index (χ4v) is 2.83. The summed E-state index contributed by atoms with van der Waals surface area (Å²) < 4.78 is 35.6. The third kappa shape index (κ3) is 14.0. The standard InChI is InChI=1S/C15H26O7S.Na/c1-3-5-7-12(4-2)13(8-6-11-23(19,20)21)22-15(18)10-9-14(16)17;/h9-10,12-13H,3-8,11H2,1-2H3,(H,16,17)(H,19,20,21);/q;+1/p-1/b10-9-;. The van der Waals surface area contributed by atoms with Crippen LogP contribution in [0.25, 0.3) is 0 Å². The van der Waals surface area contributed by atoms with Gasteiger partial charge in [0, 0.05) is 6.08 Å². The number of carboxylic acids is 1. The smallest absolute Gasteiger partial charge is 0.545 e. The molecule has 0 amide bonds. The van der Waals surface area contributed by atoms with Gasteiger partial charge in [0.05, 0.1) is 11.7 Å². The molecule has 0 aromatic carbocycles. The molecule has 9 heteroatoms. The second-order valence-electron chi connectivity index (χ2n) is 5.37. The molecular formula is C15H25NaO7S. The Morgan fingerprint density at radius 1 is 1.17 bits per heavy atom. The van der Waals surface area contributed by atoms with Crippen LogP contribution in [0.15, 0.2) is 12.2 Å². The first-order valence-electron chi connectivity index (χ1n) is 7.74. The molecule has 0 aliphatic rings. The van der Waals surface area contributed by atoms with E-state index in [0.717, 1.165) is 31.8 Å². The molecule has 2 unspecified atom stereocenters. The van der Waals surface area contributed by atoms with Crippen LogP contribution in [0.4, 0.5) is 0 Å². The maximum Gasteiger partial charge on any atom is 1.00 e. The van der Waals surface area contributed by atoms with Crippen LogP contribution in [-0.2, 0) is 24.4 Å².